The molecule has 1 atom stereocenters. The van der Waals surface area contributed by atoms with Gasteiger partial charge in [-0.15, -0.1) is 0 Å². The summed E-state index contributed by atoms with van der Waals surface area (Å²) in [6.45, 7) is 4.84. The molecule has 134 valence electrons. The van der Waals surface area contributed by atoms with Crippen molar-refractivity contribution in [1.82, 2.24) is 10.2 Å². The summed E-state index contributed by atoms with van der Waals surface area (Å²) in [6, 6.07) is 14.4. The number of para-hydroxylation sites is 2. The number of likely N-dealkylation sites (N-methyl/N-ethyl adjacent to an activating group) is 1. The molecule has 0 spiro atoms. The molecule has 0 unspecified atom stereocenters. The molecule has 2 rings (SSSR count). The normalized spacial score (nSPS) is 11.9. The standard InChI is InChI=1S/C20H27N3OS/c1-14-9-8-10-15(2)19(14)22-20(25)21-13-17(23(3)4)16-11-6-7-12-18(16)24-5/h6-12,17H,13H2,1-5H3,(H2,21,22,25)/t17-/m0/s1. The van der Waals surface area contributed by atoms with E-state index in [0.29, 0.717) is 11.7 Å². The average molecular weight is 358 g/mol. The van der Waals surface area contributed by atoms with Crippen molar-refractivity contribution >= 4 is 23.0 Å². The van der Waals surface area contributed by atoms with E-state index >= 15 is 0 Å². The quantitative estimate of drug-likeness (QED) is 0.767. The summed E-state index contributed by atoms with van der Waals surface area (Å²) in [7, 11) is 5.81. The summed E-state index contributed by atoms with van der Waals surface area (Å²) in [4.78, 5) is 2.16. The van der Waals surface area contributed by atoms with Crippen LogP contribution in [-0.4, -0.2) is 37.8 Å². The van der Waals surface area contributed by atoms with Crippen LogP contribution in [0.15, 0.2) is 42.5 Å². The van der Waals surface area contributed by atoms with Crippen LogP contribution in [0.4, 0.5) is 5.69 Å². The van der Waals surface area contributed by atoms with Gasteiger partial charge in [-0.05, 0) is 57.4 Å². The van der Waals surface area contributed by atoms with Gasteiger partial charge in [0.2, 0.25) is 0 Å². The Bertz CT molecular complexity index is 710. The molecule has 0 saturated heterocycles. The molecule has 2 aromatic carbocycles. The second-order valence-electron chi connectivity index (χ2n) is 6.32. The minimum Gasteiger partial charge on any atom is -0.496 e. The van der Waals surface area contributed by atoms with Crippen molar-refractivity contribution in [2.75, 3.05) is 33.1 Å². The van der Waals surface area contributed by atoms with Gasteiger partial charge in [-0.3, -0.25) is 0 Å². The number of nitrogens with one attached hydrogen (secondary N) is 2. The zero-order chi connectivity index (χ0) is 18.4. The maximum Gasteiger partial charge on any atom is 0.170 e. The monoisotopic (exact) mass is 357 g/mol. The molecule has 2 aromatic rings. The average Bonchev–Trinajstić information content (AvgIpc) is 2.58. The number of ether oxygens (including phenoxy) is 1. The summed E-state index contributed by atoms with van der Waals surface area (Å²) >= 11 is 5.50. The number of nitrogens with zero attached hydrogens (tertiary/aromatic N) is 1. The molecule has 25 heavy (non-hydrogen) atoms. The van der Waals surface area contributed by atoms with Gasteiger partial charge in [0.05, 0.1) is 13.2 Å². The smallest absolute Gasteiger partial charge is 0.170 e. The van der Waals surface area contributed by atoms with E-state index in [9.17, 15) is 0 Å². The largest absolute Gasteiger partial charge is 0.496 e. The fourth-order valence-electron chi connectivity index (χ4n) is 2.87. The highest BCUT2D eigenvalue weighted by atomic mass is 32.1. The maximum absolute atomic E-state index is 5.51. The molecular formula is C20H27N3OS. The Kier molecular flexibility index (Phi) is 6.79. The van der Waals surface area contributed by atoms with E-state index in [1.807, 2.05) is 18.2 Å². The van der Waals surface area contributed by atoms with E-state index in [1.54, 1.807) is 7.11 Å². The number of hydrogen-bond donors (Lipinski definition) is 2. The number of aryl methyl sites for hydroxylation is 2. The van der Waals surface area contributed by atoms with E-state index in [2.05, 4.69) is 67.7 Å². The number of methoxy groups -OCH3 is 1. The Morgan fingerprint density at radius 1 is 1.08 bits per heavy atom. The minimum absolute atomic E-state index is 0.147. The summed E-state index contributed by atoms with van der Waals surface area (Å²) in [6.07, 6.45) is 0. The molecule has 5 heteroatoms. The molecule has 0 aliphatic carbocycles. The lowest BCUT2D eigenvalue weighted by Gasteiger charge is -2.27. The van der Waals surface area contributed by atoms with Crippen molar-refractivity contribution in [3.8, 4) is 5.75 Å². The third-order valence-corrected chi connectivity index (χ3v) is 4.54. The van der Waals surface area contributed by atoms with Crippen molar-refractivity contribution in [2.45, 2.75) is 19.9 Å². The molecular weight excluding hydrogens is 330 g/mol. The molecule has 0 aliphatic heterocycles. The van der Waals surface area contributed by atoms with Crippen molar-refractivity contribution in [2.24, 2.45) is 0 Å². The van der Waals surface area contributed by atoms with Crippen LogP contribution >= 0.6 is 12.2 Å². The Morgan fingerprint density at radius 3 is 2.32 bits per heavy atom. The van der Waals surface area contributed by atoms with E-state index in [0.717, 1.165) is 17.0 Å². The summed E-state index contributed by atoms with van der Waals surface area (Å²) in [5, 5.41) is 7.29. The lowest BCUT2D eigenvalue weighted by Crippen LogP contribution is -2.37. The van der Waals surface area contributed by atoms with Crippen molar-refractivity contribution in [3.63, 3.8) is 0 Å². The molecule has 2 N–H and O–H groups in total. The van der Waals surface area contributed by atoms with Gasteiger partial charge in [0.25, 0.3) is 0 Å². The first-order chi connectivity index (χ1) is 11.9. The fourth-order valence-corrected chi connectivity index (χ4v) is 3.06. The Balaban J connectivity index is 2.07. The van der Waals surface area contributed by atoms with Crippen LogP contribution < -0.4 is 15.4 Å². The second kappa shape index (κ2) is 8.83. The molecule has 0 heterocycles. The first-order valence-electron chi connectivity index (χ1n) is 8.34. The van der Waals surface area contributed by atoms with Crippen molar-refractivity contribution in [1.29, 1.82) is 0 Å². The Labute approximate surface area is 156 Å². The number of hydrogen-bond acceptors (Lipinski definition) is 3. The maximum atomic E-state index is 5.51. The predicted octanol–water partition coefficient (Wildman–Crippen LogP) is 3.90. The van der Waals surface area contributed by atoms with Gasteiger partial charge in [-0.25, -0.2) is 0 Å². The summed E-state index contributed by atoms with van der Waals surface area (Å²) in [5.74, 6) is 0.886. The van der Waals surface area contributed by atoms with Gasteiger partial charge < -0.3 is 20.3 Å². The highest BCUT2D eigenvalue weighted by molar-refractivity contribution is 7.80. The number of thiocarbonyl (C=S) groups is 1. The van der Waals surface area contributed by atoms with Crippen LogP contribution in [0.1, 0.15) is 22.7 Å². The first kappa shape index (κ1) is 19.2. The lowest BCUT2D eigenvalue weighted by molar-refractivity contribution is 0.288. The van der Waals surface area contributed by atoms with Gasteiger partial charge >= 0.3 is 0 Å². The third-order valence-electron chi connectivity index (χ3n) is 4.30. The molecule has 0 saturated carbocycles. The minimum atomic E-state index is 0.147. The predicted molar refractivity (Wildman–Crippen MR) is 110 cm³/mol. The van der Waals surface area contributed by atoms with E-state index in [1.165, 1.54) is 11.1 Å². The van der Waals surface area contributed by atoms with Crippen LogP contribution in [0.2, 0.25) is 0 Å². The topological polar surface area (TPSA) is 36.5 Å². The lowest BCUT2D eigenvalue weighted by atomic mass is 10.0. The zero-order valence-corrected chi connectivity index (χ0v) is 16.4. The van der Waals surface area contributed by atoms with Crippen molar-refractivity contribution in [3.05, 3.63) is 59.2 Å². The zero-order valence-electron chi connectivity index (χ0n) is 15.6. The fraction of sp³-hybridized carbons (Fsp3) is 0.350. The van der Waals surface area contributed by atoms with E-state index < -0.39 is 0 Å². The molecule has 0 radical (unpaired) electrons. The van der Waals surface area contributed by atoms with E-state index in [-0.39, 0.29) is 6.04 Å². The third kappa shape index (κ3) is 4.94. The number of anilines is 1. The van der Waals surface area contributed by atoms with Crippen molar-refractivity contribution < 1.29 is 4.74 Å². The second-order valence-corrected chi connectivity index (χ2v) is 6.73. The molecule has 0 amide bonds. The highest BCUT2D eigenvalue weighted by Crippen LogP contribution is 2.27. The SMILES string of the molecule is COc1ccccc1[C@H](CNC(=S)Nc1c(C)cccc1C)N(C)C. The number of benzene rings is 2. The first-order valence-corrected chi connectivity index (χ1v) is 8.75. The van der Waals surface area contributed by atoms with Crippen LogP contribution in [0.25, 0.3) is 0 Å². The van der Waals surface area contributed by atoms with Gasteiger partial charge in [-0.1, -0.05) is 36.4 Å². The number of rotatable bonds is 6. The molecule has 4 nitrogen and oxygen atoms in total. The molecule has 0 aliphatic rings. The van der Waals surface area contributed by atoms with Crippen LogP contribution in [0, 0.1) is 13.8 Å². The van der Waals surface area contributed by atoms with E-state index in [4.69, 9.17) is 17.0 Å². The van der Waals surface area contributed by atoms with Gasteiger partial charge in [0, 0.05) is 17.8 Å². The van der Waals surface area contributed by atoms with Gasteiger partial charge in [0.1, 0.15) is 5.75 Å². The molecule has 0 fully saturated rings. The van der Waals surface area contributed by atoms with Crippen LogP contribution in [0.5, 0.6) is 5.75 Å². The Hall–Kier alpha value is -2.11. The van der Waals surface area contributed by atoms with Crippen LogP contribution in [0.3, 0.4) is 0 Å². The Morgan fingerprint density at radius 2 is 1.72 bits per heavy atom. The van der Waals surface area contributed by atoms with Crippen LogP contribution in [-0.2, 0) is 0 Å². The van der Waals surface area contributed by atoms with Gasteiger partial charge in [-0.2, -0.15) is 0 Å². The summed E-state index contributed by atoms with van der Waals surface area (Å²) in [5.41, 5.74) is 4.56. The highest BCUT2D eigenvalue weighted by Gasteiger charge is 2.18. The molecule has 0 bridgehead atoms. The molecule has 0 aromatic heterocycles. The summed E-state index contributed by atoms with van der Waals surface area (Å²) < 4.78 is 5.51. The van der Waals surface area contributed by atoms with Gasteiger partial charge in [0.15, 0.2) is 5.11 Å².